The van der Waals surface area contributed by atoms with Crippen LogP contribution in [0.1, 0.15) is 19.4 Å². The number of hydrogen-bond donors (Lipinski definition) is 1. The van der Waals surface area contributed by atoms with Crippen LogP contribution in [0.5, 0.6) is 5.75 Å². The number of rotatable bonds is 9. The van der Waals surface area contributed by atoms with E-state index in [2.05, 4.69) is 6.92 Å². The molecule has 0 aliphatic heterocycles. The molecule has 0 fully saturated rings. The van der Waals surface area contributed by atoms with Gasteiger partial charge in [0.2, 0.25) is 0 Å². The number of aliphatic hydroxyl groups is 1. The molecule has 0 saturated heterocycles. The number of benzene rings is 1. The Kier molecular flexibility index (Phi) is 7.59. The van der Waals surface area contributed by atoms with E-state index in [0.29, 0.717) is 19.8 Å². The lowest BCUT2D eigenvalue weighted by Gasteiger charge is -2.21. The molecule has 0 unspecified atom stereocenters. The summed E-state index contributed by atoms with van der Waals surface area (Å²) in [6.45, 7) is 8.32. The molecule has 4 heteroatoms. The second-order valence-corrected chi connectivity index (χ2v) is 5.46. The molecule has 0 saturated carbocycles. The average Bonchev–Trinajstić information content (AvgIpc) is 2.38. The largest absolute Gasteiger partial charge is 0.492 e. The first-order chi connectivity index (χ1) is 9.47. The Morgan fingerprint density at radius 1 is 1.20 bits per heavy atom. The maximum absolute atomic E-state index is 9.81. The molecule has 20 heavy (non-hydrogen) atoms. The molecular weight excluding hydrogens is 254 g/mol. The lowest BCUT2D eigenvalue weighted by Crippen LogP contribution is -2.35. The fourth-order valence-electron chi connectivity index (χ4n) is 1.76. The minimum Gasteiger partial charge on any atom is -0.492 e. The molecule has 0 bridgehead atoms. The molecule has 1 aromatic rings. The quantitative estimate of drug-likeness (QED) is 0.752. The first-order valence-corrected chi connectivity index (χ1v) is 7.15. The zero-order chi connectivity index (χ0) is 15.0. The SMILES string of the molecule is Cc1ccc(OCCN(C)C[C@H](O)COC(C)C)cc1. The first-order valence-electron chi connectivity index (χ1n) is 7.15. The van der Waals surface area contributed by atoms with Crippen molar-refractivity contribution in [1.82, 2.24) is 4.90 Å². The fraction of sp³-hybridized carbons (Fsp3) is 0.625. The number of nitrogens with zero attached hydrogens (tertiary/aromatic N) is 1. The summed E-state index contributed by atoms with van der Waals surface area (Å²) in [5.41, 5.74) is 1.22. The van der Waals surface area contributed by atoms with Crippen LogP contribution in [0.2, 0.25) is 0 Å². The molecule has 0 amide bonds. The highest BCUT2D eigenvalue weighted by Gasteiger charge is 2.09. The maximum Gasteiger partial charge on any atom is 0.119 e. The van der Waals surface area contributed by atoms with Gasteiger partial charge in [0.05, 0.1) is 18.8 Å². The molecule has 114 valence electrons. The maximum atomic E-state index is 9.81. The molecule has 1 atom stereocenters. The van der Waals surface area contributed by atoms with Crippen molar-refractivity contribution in [2.24, 2.45) is 0 Å². The Morgan fingerprint density at radius 3 is 2.45 bits per heavy atom. The van der Waals surface area contributed by atoms with Crippen LogP contribution in [0.4, 0.5) is 0 Å². The Morgan fingerprint density at radius 2 is 1.85 bits per heavy atom. The van der Waals surface area contributed by atoms with Gasteiger partial charge >= 0.3 is 0 Å². The van der Waals surface area contributed by atoms with Crippen molar-refractivity contribution in [1.29, 1.82) is 0 Å². The van der Waals surface area contributed by atoms with Gasteiger partial charge in [-0.05, 0) is 40.0 Å². The van der Waals surface area contributed by atoms with Crippen LogP contribution >= 0.6 is 0 Å². The van der Waals surface area contributed by atoms with E-state index in [4.69, 9.17) is 9.47 Å². The second-order valence-electron chi connectivity index (χ2n) is 5.46. The molecule has 0 radical (unpaired) electrons. The molecule has 0 heterocycles. The fourth-order valence-corrected chi connectivity index (χ4v) is 1.76. The van der Waals surface area contributed by atoms with Crippen molar-refractivity contribution in [3.8, 4) is 5.75 Å². The van der Waals surface area contributed by atoms with E-state index in [1.807, 2.05) is 50.1 Å². The van der Waals surface area contributed by atoms with E-state index >= 15 is 0 Å². The third kappa shape index (κ3) is 7.48. The zero-order valence-corrected chi connectivity index (χ0v) is 13.0. The highest BCUT2D eigenvalue weighted by molar-refractivity contribution is 5.26. The summed E-state index contributed by atoms with van der Waals surface area (Å²) in [5.74, 6) is 0.882. The smallest absolute Gasteiger partial charge is 0.119 e. The lowest BCUT2D eigenvalue weighted by atomic mass is 10.2. The van der Waals surface area contributed by atoms with Gasteiger partial charge in [0.1, 0.15) is 12.4 Å². The van der Waals surface area contributed by atoms with Gasteiger partial charge in [0, 0.05) is 13.1 Å². The summed E-state index contributed by atoms with van der Waals surface area (Å²) in [6, 6.07) is 8.01. The van der Waals surface area contributed by atoms with Gasteiger partial charge in [0.15, 0.2) is 0 Å². The Balaban J connectivity index is 2.16. The van der Waals surface area contributed by atoms with Crippen molar-refractivity contribution in [3.63, 3.8) is 0 Å². The van der Waals surface area contributed by atoms with Gasteiger partial charge in [-0.1, -0.05) is 17.7 Å². The van der Waals surface area contributed by atoms with Gasteiger partial charge in [-0.25, -0.2) is 0 Å². The number of aliphatic hydroxyl groups excluding tert-OH is 1. The van der Waals surface area contributed by atoms with Gasteiger partial charge in [-0.2, -0.15) is 0 Å². The standard InChI is InChI=1S/C16H27NO3/c1-13(2)20-12-15(18)11-17(4)9-10-19-16-7-5-14(3)6-8-16/h5-8,13,15,18H,9-12H2,1-4H3/t15-/m0/s1. The predicted molar refractivity (Wildman–Crippen MR) is 81.3 cm³/mol. The van der Waals surface area contributed by atoms with E-state index in [-0.39, 0.29) is 6.10 Å². The van der Waals surface area contributed by atoms with Crippen LogP contribution < -0.4 is 4.74 Å². The second kappa shape index (κ2) is 8.95. The van der Waals surface area contributed by atoms with Gasteiger partial charge < -0.3 is 19.5 Å². The van der Waals surface area contributed by atoms with Gasteiger partial charge in [0.25, 0.3) is 0 Å². The molecule has 0 aliphatic rings. The minimum atomic E-state index is -0.457. The minimum absolute atomic E-state index is 0.153. The predicted octanol–water partition coefficient (Wildman–Crippen LogP) is 2.09. The molecule has 4 nitrogen and oxygen atoms in total. The summed E-state index contributed by atoms with van der Waals surface area (Å²) in [4.78, 5) is 2.04. The van der Waals surface area contributed by atoms with E-state index < -0.39 is 6.10 Å². The highest BCUT2D eigenvalue weighted by Crippen LogP contribution is 2.11. The Bertz CT molecular complexity index is 364. The van der Waals surface area contributed by atoms with Gasteiger partial charge in [-0.3, -0.25) is 0 Å². The van der Waals surface area contributed by atoms with Crippen molar-refractivity contribution >= 4 is 0 Å². The van der Waals surface area contributed by atoms with E-state index in [0.717, 1.165) is 12.3 Å². The number of likely N-dealkylation sites (N-methyl/N-ethyl adjacent to an activating group) is 1. The molecule has 1 aromatic carbocycles. The summed E-state index contributed by atoms with van der Waals surface area (Å²) in [7, 11) is 1.97. The van der Waals surface area contributed by atoms with E-state index in [1.54, 1.807) is 0 Å². The average molecular weight is 281 g/mol. The molecule has 0 aliphatic carbocycles. The molecule has 1 rings (SSSR count). The highest BCUT2D eigenvalue weighted by atomic mass is 16.5. The Hall–Kier alpha value is -1.10. The Labute approximate surface area is 122 Å². The van der Waals surface area contributed by atoms with Gasteiger partial charge in [-0.15, -0.1) is 0 Å². The normalized spacial score (nSPS) is 12.9. The lowest BCUT2D eigenvalue weighted by molar-refractivity contribution is -0.00649. The number of aryl methyl sites for hydroxylation is 1. The van der Waals surface area contributed by atoms with Crippen LogP contribution in [0.25, 0.3) is 0 Å². The van der Waals surface area contributed by atoms with Crippen molar-refractivity contribution in [3.05, 3.63) is 29.8 Å². The first kappa shape index (κ1) is 17.0. The molecule has 1 N–H and O–H groups in total. The third-order valence-electron chi connectivity index (χ3n) is 2.91. The topological polar surface area (TPSA) is 41.9 Å². The van der Waals surface area contributed by atoms with Crippen LogP contribution in [0, 0.1) is 6.92 Å². The number of hydrogen-bond acceptors (Lipinski definition) is 4. The van der Waals surface area contributed by atoms with Crippen LogP contribution in [-0.2, 0) is 4.74 Å². The van der Waals surface area contributed by atoms with E-state index in [9.17, 15) is 5.11 Å². The zero-order valence-electron chi connectivity index (χ0n) is 13.0. The van der Waals surface area contributed by atoms with Crippen LogP contribution in [-0.4, -0.2) is 55.6 Å². The van der Waals surface area contributed by atoms with Crippen LogP contribution in [0.3, 0.4) is 0 Å². The van der Waals surface area contributed by atoms with Crippen molar-refractivity contribution in [2.75, 3.05) is 33.4 Å². The summed E-state index contributed by atoms with van der Waals surface area (Å²) >= 11 is 0. The molecule has 0 spiro atoms. The molecular formula is C16H27NO3. The summed E-state index contributed by atoms with van der Waals surface area (Å²) in [5, 5.41) is 9.81. The van der Waals surface area contributed by atoms with Crippen molar-refractivity contribution < 1.29 is 14.6 Å². The molecule has 0 aromatic heterocycles. The monoisotopic (exact) mass is 281 g/mol. The van der Waals surface area contributed by atoms with Crippen LogP contribution in [0.15, 0.2) is 24.3 Å². The number of ether oxygens (including phenoxy) is 2. The summed E-state index contributed by atoms with van der Waals surface area (Å²) in [6.07, 6.45) is -0.304. The summed E-state index contributed by atoms with van der Waals surface area (Å²) < 4.78 is 11.0. The third-order valence-corrected chi connectivity index (χ3v) is 2.91. The van der Waals surface area contributed by atoms with E-state index in [1.165, 1.54) is 5.56 Å². The van der Waals surface area contributed by atoms with Crippen molar-refractivity contribution in [2.45, 2.75) is 33.0 Å².